The van der Waals surface area contributed by atoms with Crippen LogP contribution in [0.15, 0.2) is 0 Å². The normalized spacial score (nSPS) is 29.8. The molecule has 0 saturated carbocycles. The van der Waals surface area contributed by atoms with Crippen LogP contribution in [0.4, 0.5) is 0 Å². The third-order valence-electron chi connectivity index (χ3n) is 9.28. The number of nitrogens with one attached hydrogen (secondary N) is 7. The van der Waals surface area contributed by atoms with Gasteiger partial charge in [-0.25, -0.2) is 0 Å². The van der Waals surface area contributed by atoms with Crippen molar-refractivity contribution in [2.45, 2.75) is 135 Å². The summed E-state index contributed by atoms with van der Waals surface area (Å²) in [5, 5.41) is 27.4. The molecule has 2 rings (SSSR count). The minimum atomic E-state index is -1.71. The van der Waals surface area contributed by atoms with E-state index in [0.717, 1.165) is 6.92 Å². The molecule has 0 aromatic heterocycles. The lowest BCUT2D eigenvalue weighted by Gasteiger charge is -2.30. The predicted molar refractivity (Wildman–Crippen MR) is 189 cm³/mol. The number of rotatable bonds is 8. The number of hydrogen-bond acceptors (Lipinski definition) is 11. The molecule has 2 aliphatic rings. The zero-order valence-electron chi connectivity index (χ0n) is 31.4. The van der Waals surface area contributed by atoms with Gasteiger partial charge in [0.1, 0.15) is 48.3 Å². The molecule has 12 N–H and O–H groups in total. The minimum absolute atomic E-state index is 0.127. The maximum atomic E-state index is 13.6. The van der Waals surface area contributed by atoms with E-state index < -0.39 is 126 Å². The Morgan fingerprint density at radius 2 is 1.19 bits per heavy atom. The molecule has 10 atom stereocenters. The fourth-order valence-corrected chi connectivity index (χ4v) is 5.83. The van der Waals surface area contributed by atoms with E-state index in [4.69, 9.17) is 11.5 Å². The first-order valence-electron chi connectivity index (χ1n) is 17.9. The molecule has 0 bridgehead atoms. The van der Waals surface area contributed by atoms with Gasteiger partial charge in [-0.2, -0.15) is 0 Å². The quantitative estimate of drug-likeness (QED) is 0.112. The van der Waals surface area contributed by atoms with Crippen LogP contribution in [0.25, 0.3) is 0 Å². The van der Waals surface area contributed by atoms with Gasteiger partial charge in [-0.05, 0) is 52.9 Å². The smallest absolute Gasteiger partial charge is 0.245 e. The summed E-state index contributed by atoms with van der Waals surface area (Å²) < 4.78 is 0. The van der Waals surface area contributed by atoms with Gasteiger partial charge >= 0.3 is 0 Å². The van der Waals surface area contributed by atoms with Gasteiger partial charge in [0.05, 0.1) is 12.5 Å². The lowest BCUT2D eigenvalue weighted by atomic mass is 9.97. The number of fused-ring (bicyclic) bond motifs is 1. The first-order valence-corrected chi connectivity index (χ1v) is 17.9. The SMILES string of the molecule is CC[C@H](C)[C@@H]1NC(=O)[C@H](CCC(N)=O)NC(=O)[C@H]([C@@H](C)O)NC(=O)[C@H](C)NC(=O)[C@H](CC(N)=O)NC(=O)[C@@H]2CCCN2C(=O)[C@H](C)NC(=O)[C@H](C)NC1=O. The van der Waals surface area contributed by atoms with Crippen molar-refractivity contribution in [3.8, 4) is 0 Å². The number of carbonyl (C=O) groups excluding carboxylic acids is 10. The summed E-state index contributed by atoms with van der Waals surface area (Å²) >= 11 is 0. The Morgan fingerprint density at radius 3 is 1.74 bits per heavy atom. The van der Waals surface area contributed by atoms with E-state index in [-0.39, 0.29) is 25.8 Å². The summed E-state index contributed by atoms with van der Waals surface area (Å²) in [4.78, 5) is 132. The summed E-state index contributed by atoms with van der Waals surface area (Å²) in [6, 6.07) is -11.0. The molecule has 302 valence electrons. The van der Waals surface area contributed by atoms with E-state index in [2.05, 4.69) is 37.2 Å². The van der Waals surface area contributed by atoms with Crippen LogP contribution in [0.1, 0.15) is 80.1 Å². The zero-order chi connectivity index (χ0) is 41.0. The molecule has 21 heteroatoms. The van der Waals surface area contributed by atoms with Crippen molar-refractivity contribution in [1.29, 1.82) is 0 Å². The number of nitrogens with zero attached hydrogens (tertiary/aromatic N) is 1. The van der Waals surface area contributed by atoms with Crippen molar-refractivity contribution in [2.75, 3.05) is 6.54 Å². The summed E-state index contributed by atoms with van der Waals surface area (Å²) in [6.07, 6.45) is -2.03. The fourth-order valence-electron chi connectivity index (χ4n) is 5.83. The maximum Gasteiger partial charge on any atom is 0.245 e. The topological polar surface area (TPSA) is 330 Å². The summed E-state index contributed by atoms with van der Waals surface area (Å²) in [5.74, 6) is -9.30. The molecule has 54 heavy (non-hydrogen) atoms. The molecule has 0 aliphatic carbocycles. The summed E-state index contributed by atoms with van der Waals surface area (Å²) in [6.45, 7) is 8.64. The molecular weight excluding hydrogens is 712 g/mol. The van der Waals surface area contributed by atoms with E-state index in [0.29, 0.717) is 12.8 Å². The Kier molecular flexibility index (Phi) is 16.8. The van der Waals surface area contributed by atoms with E-state index in [1.165, 1.54) is 25.7 Å². The number of hydrogen-bond donors (Lipinski definition) is 10. The highest BCUT2D eigenvalue weighted by Crippen LogP contribution is 2.19. The average Bonchev–Trinajstić information content (AvgIpc) is 3.59. The first-order chi connectivity index (χ1) is 25.2. The van der Waals surface area contributed by atoms with E-state index in [1.807, 2.05) is 0 Å². The van der Waals surface area contributed by atoms with Gasteiger partial charge in [0.2, 0.25) is 59.1 Å². The number of nitrogens with two attached hydrogens (primary N) is 2. The summed E-state index contributed by atoms with van der Waals surface area (Å²) in [5.41, 5.74) is 10.6. The van der Waals surface area contributed by atoms with Gasteiger partial charge in [0.25, 0.3) is 0 Å². The number of amides is 10. The van der Waals surface area contributed by atoms with Crippen molar-refractivity contribution in [2.24, 2.45) is 17.4 Å². The Balaban J connectivity index is 2.56. The molecule has 21 nitrogen and oxygen atoms in total. The number of primary amides is 2. The van der Waals surface area contributed by atoms with Crippen LogP contribution >= 0.6 is 0 Å². The van der Waals surface area contributed by atoms with Gasteiger partial charge in [-0.15, -0.1) is 0 Å². The van der Waals surface area contributed by atoms with Crippen LogP contribution in [0.5, 0.6) is 0 Å². The molecule has 0 radical (unpaired) electrons. The predicted octanol–water partition coefficient (Wildman–Crippen LogP) is -4.99. The molecule has 2 saturated heterocycles. The van der Waals surface area contributed by atoms with Gasteiger partial charge < -0.3 is 58.7 Å². The highest BCUT2D eigenvalue weighted by molar-refractivity contribution is 5.99. The molecule has 10 amide bonds. The molecule has 2 heterocycles. The minimum Gasteiger partial charge on any atom is -0.391 e. The van der Waals surface area contributed by atoms with Crippen LogP contribution in [-0.4, -0.2) is 130 Å². The Bertz CT molecular complexity index is 1470. The second kappa shape index (κ2) is 20.2. The number of carbonyl (C=O) groups is 10. The van der Waals surface area contributed by atoms with E-state index >= 15 is 0 Å². The summed E-state index contributed by atoms with van der Waals surface area (Å²) in [7, 11) is 0. The van der Waals surface area contributed by atoms with Gasteiger partial charge in [0.15, 0.2) is 0 Å². The van der Waals surface area contributed by atoms with Gasteiger partial charge in [-0.3, -0.25) is 47.9 Å². The Morgan fingerprint density at radius 1 is 0.685 bits per heavy atom. The molecule has 2 fully saturated rings. The fraction of sp³-hybridized carbons (Fsp3) is 0.697. The van der Waals surface area contributed by atoms with E-state index in [9.17, 15) is 53.1 Å². The highest BCUT2D eigenvalue weighted by Gasteiger charge is 2.40. The maximum absolute atomic E-state index is 13.6. The van der Waals surface area contributed by atoms with E-state index in [1.54, 1.807) is 13.8 Å². The molecule has 0 spiro atoms. The standard InChI is InChI=1S/C33H54N10O11/c1-7-14(2)24-31(52)37-15(3)26(47)38-17(5)33(54)43-12-8-9-21(43)30(51)40-20(13-23(35)46)29(50)36-16(4)27(48)42-25(18(6)44)32(53)39-19(28(49)41-24)10-11-22(34)45/h14-21,24-25,44H,7-13H2,1-6H3,(H2,34,45)(H2,35,46)(H,36,50)(H,37,52)(H,38,47)(H,39,53)(H,40,51)(H,41,49)(H,42,48)/t14-,15-,16-,17-,18+,19-,20-,21-,24-,25-/m0/s1. The van der Waals surface area contributed by atoms with Crippen LogP contribution in [0.2, 0.25) is 0 Å². The monoisotopic (exact) mass is 766 g/mol. The Hall–Kier alpha value is -5.34. The lowest BCUT2D eigenvalue weighted by Crippen LogP contribution is -2.62. The van der Waals surface area contributed by atoms with Gasteiger partial charge in [0, 0.05) is 13.0 Å². The number of aliphatic hydroxyl groups is 1. The number of aliphatic hydroxyl groups excluding tert-OH is 1. The average molecular weight is 767 g/mol. The van der Waals surface area contributed by atoms with Crippen molar-refractivity contribution in [1.82, 2.24) is 42.1 Å². The highest BCUT2D eigenvalue weighted by atomic mass is 16.3. The Labute approximate surface area is 312 Å². The largest absolute Gasteiger partial charge is 0.391 e. The zero-order valence-corrected chi connectivity index (χ0v) is 31.4. The van der Waals surface area contributed by atoms with Crippen molar-refractivity contribution >= 4 is 59.1 Å². The second-order valence-electron chi connectivity index (χ2n) is 13.8. The van der Waals surface area contributed by atoms with Crippen LogP contribution in [0.3, 0.4) is 0 Å². The molecule has 0 aromatic rings. The van der Waals surface area contributed by atoms with Crippen LogP contribution < -0.4 is 48.7 Å². The third-order valence-corrected chi connectivity index (χ3v) is 9.28. The van der Waals surface area contributed by atoms with Crippen molar-refractivity contribution in [3.63, 3.8) is 0 Å². The molecular formula is C33H54N10O11. The van der Waals surface area contributed by atoms with Crippen molar-refractivity contribution in [3.05, 3.63) is 0 Å². The molecule has 0 aromatic carbocycles. The third kappa shape index (κ3) is 12.7. The van der Waals surface area contributed by atoms with Crippen LogP contribution in [0, 0.1) is 5.92 Å². The second-order valence-corrected chi connectivity index (χ2v) is 13.8. The van der Waals surface area contributed by atoms with Crippen molar-refractivity contribution < 1.29 is 53.1 Å². The van der Waals surface area contributed by atoms with Gasteiger partial charge in [-0.1, -0.05) is 20.3 Å². The lowest BCUT2D eigenvalue weighted by molar-refractivity contribution is -0.142. The molecule has 2 aliphatic heterocycles. The molecule has 0 unspecified atom stereocenters. The van der Waals surface area contributed by atoms with Crippen LogP contribution in [-0.2, 0) is 47.9 Å². The first kappa shape index (κ1) is 44.8.